The molecule has 0 radical (unpaired) electrons. The van der Waals surface area contributed by atoms with E-state index in [1.54, 1.807) is 4.68 Å². The van der Waals surface area contributed by atoms with Crippen molar-refractivity contribution >= 4 is 0 Å². The van der Waals surface area contributed by atoms with Gasteiger partial charge in [-0.15, -0.1) is 0 Å². The van der Waals surface area contributed by atoms with Crippen LogP contribution in [-0.2, 0) is 13.1 Å². The first-order chi connectivity index (χ1) is 8.06. The third-order valence-corrected chi connectivity index (χ3v) is 2.87. The predicted octanol–water partition coefficient (Wildman–Crippen LogP) is 1.46. The van der Waals surface area contributed by atoms with Crippen LogP contribution in [0.5, 0.6) is 0 Å². The molecule has 1 fully saturated rings. The van der Waals surface area contributed by atoms with Gasteiger partial charge in [-0.2, -0.15) is 5.10 Å². The molecule has 0 saturated heterocycles. The summed E-state index contributed by atoms with van der Waals surface area (Å²) in [5, 5.41) is 7.67. The van der Waals surface area contributed by atoms with Gasteiger partial charge in [-0.05, 0) is 31.7 Å². The summed E-state index contributed by atoms with van der Waals surface area (Å²) in [6.07, 6.45) is 2.48. The second kappa shape index (κ2) is 5.00. The quantitative estimate of drug-likeness (QED) is 0.840. The molecule has 1 heterocycles. The van der Waals surface area contributed by atoms with Crippen molar-refractivity contribution in [2.45, 2.75) is 52.7 Å². The van der Waals surface area contributed by atoms with Gasteiger partial charge in [0, 0.05) is 24.7 Å². The Hall–Kier alpha value is -1.16. The zero-order valence-corrected chi connectivity index (χ0v) is 10.9. The van der Waals surface area contributed by atoms with Crippen LogP contribution in [0.1, 0.15) is 37.9 Å². The lowest BCUT2D eigenvalue weighted by atomic mass is 10.2. The summed E-state index contributed by atoms with van der Waals surface area (Å²) in [6.45, 7) is 7.50. The average molecular weight is 235 g/mol. The normalized spacial score (nSPS) is 15.5. The molecule has 4 heteroatoms. The summed E-state index contributed by atoms with van der Waals surface area (Å²) in [6, 6.07) is 2.52. The molecule has 0 aliphatic heterocycles. The summed E-state index contributed by atoms with van der Waals surface area (Å²) in [5.41, 5.74) is 1.81. The van der Waals surface area contributed by atoms with Crippen LogP contribution in [-0.4, -0.2) is 15.8 Å². The van der Waals surface area contributed by atoms with Crippen LogP contribution in [0.25, 0.3) is 0 Å². The molecule has 94 valence electrons. The van der Waals surface area contributed by atoms with Crippen molar-refractivity contribution in [1.82, 2.24) is 15.1 Å². The highest BCUT2D eigenvalue weighted by Gasteiger charge is 2.20. The molecule has 4 nitrogen and oxygen atoms in total. The topological polar surface area (TPSA) is 46.9 Å². The molecule has 0 atom stereocenters. The minimum atomic E-state index is 0.0532. The van der Waals surface area contributed by atoms with E-state index in [1.807, 2.05) is 13.0 Å². The second-order valence-electron chi connectivity index (χ2n) is 5.35. The van der Waals surface area contributed by atoms with E-state index in [0.717, 1.165) is 11.3 Å². The molecule has 1 aliphatic rings. The van der Waals surface area contributed by atoms with E-state index in [9.17, 15) is 4.79 Å². The number of aromatic nitrogens is 2. The van der Waals surface area contributed by atoms with Crippen LogP contribution >= 0.6 is 0 Å². The van der Waals surface area contributed by atoms with Crippen LogP contribution in [0, 0.1) is 12.8 Å². The second-order valence-corrected chi connectivity index (χ2v) is 5.35. The molecule has 17 heavy (non-hydrogen) atoms. The minimum Gasteiger partial charge on any atom is -0.310 e. The molecule has 2 rings (SSSR count). The minimum absolute atomic E-state index is 0.0532. The Bertz CT molecular complexity index is 446. The van der Waals surface area contributed by atoms with Crippen molar-refractivity contribution in [2.24, 2.45) is 5.92 Å². The van der Waals surface area contributed by atoms with Crippen molar-refractivity contribution in [3.8, 4) is 0 Å². The number of hydrogen-bond donors (Lipinski definition) is 1. The molecule has 1 aromatic rings. The van der Waals surface area contributed by atoms with Crippen molar-refractivity contribution in [1.29, 1.82) is 0 Å². The summed E-state index contributed by atoms with van der Waals surface area (Å²) in [5.74, 6) is 0.436. The third kappa shape index (κ3) is 3.40. The molecular weight excluding hydrogens is 214 g/mol. The molecule has 0 bridgehead atoms. The molecule has 1 saturated carbocycles. The number of hydrogen-bond acceptors (Lipinski definition) is 3. The van der Waals surface area contributed by atoms with E-state index in [2.05, 4.69) is 24.3 Å². The summed E-state index contributed by atoms with van der Waals surface area (Å²) in [7, 11) is 0. The van der Waals surface area contributed by atoms with Gasteiger partial charge in [0.05, 0.1) is 5.69 Å². The summed E-state index contributed by atoms with van der Waals surface area (Å²) >= 11 is 0. The Morgan fingerprint density at radius 1 is 1.53 bits per heavy atom. The highest BCUT2D eigenvalue weighted by atomic mass is 16.1. The maximum Gasteiger partial charge on any atom is 0.271 e. The van der Waals surface area contributed by atoms with Crippen LogP contribution in [0.2, 0.25) is 0 Å². The molecule has 0 aromatic carbocycles. The zero-order valence-electron chi connectivity index (χ0n) is 10.9. The van der Waals surface area contributed by atoms with Crippen LogP contribution in [0.15, 0.2) is 10.9 Å². The highest BCUT2D eigenvalue weighted by Crippen LogP contribution is 2.18. The predicted molar refractivity (Wildman–Crippen MR) is 67.9 cm³/mol. The lowest BCUT2D eigenvalue weighted by molar-refractivity contribution is 0.455. The number of nitrogens with one attached hydrogen (secondary N) is 1. The third-order valence-electron chi connectivity index (χ3n) is 2.87. The average Bonchev–Trinajstić information content (AvgIpc) is 3.03. The standard InChI is InChI=1S/C13H21N3O/c1-9(2)8-16-13(17)11(6-10(3)15-16)7-14-12-4-5-12/h6,9,12,14H,4-5,7-8H2,1-3H3. The first-order valence-electron chi connectivity index (χ1n) is 6.37. The van der Waals surface area contributed by atoms with Gasteiger partial charge in [0.25, 0.3) is 5.56 Å². The fourth-order valence-electron chi connectivity index (χ4n) is 1.88. The van der Waals surface area contributed by atoms with E-state index in [0.29, 0.717) is 25.0 Å². The smallest absolute Gasteiger partial charge is 0.271 e. The SMILES string of the molecule is Cc1cc(CNC2CC2)c(=O)n(CC(C)C)n1. The van der Waals surface area contributed by atoms with Crippen molar-refractivity contribution in [3.63, 3.8) is 0 Å². The maximum absolute atomic E-state index is 12.2. The lowest BCUT2D eigenvalue weighted by Crippen LogP contribution is -2.31. The monoisotopic (exact) mass is 235 g/mol. The molecule has 1 aliphatic carbocycles. The van der Waals surface area contributed by atoms with Gasteiger partial charge in [-0.1, -0.05) is 13.8 Å². The fourth-order valence-corrected chi connectivity index (χ4v) is 1.88. The van der Waals surface area contributed by atoms with E-state index in [-0.39, 0.29) is 5.56 Å². The number of aryl methyl sites for hydroxylation is 1. The first kappa shape index (κ1) is 12.3. The van der Waals surface area contributed by atoms with Gasteiger partial charge >= 0.3 is 0 Å². The highest BCUT2D eigenvalue weighted by molar-refractivity contribution is 5.13. The van der Waals surface area contributed by atoms with E-state index in [4.69, 9.17) is 0 Å². The van der Waals surface area contributed by atoms with Crippen molar-refractivity contribution < 1.29 is 0 Å². The molecule has 1 aromatic heterocycles. The molecular formula is C13H21N3O. The van der Waals surface area contributed by atoms with Gasteiger partial charge in [0.2, 0.25) is 0 Å². The molecule has 0 unspecified atom stereocenters. The van der Waals surface area contributed by atoms with Crippen LogP contribution in [0.3, 0.4) is 0 Å². The van der Waals surface area contributed by atoms with Crippen LogP contribution in [0.4, 0.5) is 0 Å². The van der Waals surface area contributed by atoms with E-state index < -0.39 is 0 Å². The molecule has 0 amide bonds. The fraction of sp³-hybridized carbons (Fsp3) is 0.692. The molecule has 0 spiro atoms. The number of rotatable bonds is 5. The first-order valence-corrected chi connectivity index (χ1v) is 6.37. The van der Waals surface area contributed by atoms with Gasteiger partial charge in [-0.25, -0.2) is 4.68 Å². The lowest BCUT2D eigenvalue weighted by Gasteiger charge is -2.11. The van der Waals surface area contributed by atoms with E-state index >= 15 is 0 Å². The van der Waals surface area contributed by atoms with Gasteiger partial charge in [-0.3, -0.25) is 4.79 Å². The summed E-state index contributed by atoms with van der Waals surface area (Å²) < 4.78 is 1.60. The van der Waals surface area contributed by atoms with E-state index in [1.165, 1.54) is 12.8 Å². The van der Waals surface area contributed by atoms with Crippen LogP contribution < -0.4 is 10.9 Å². The van der Waals surface area contributed by atoms with Gasteiger partial charge in [0.1, 0.15) is 0 Å². The maximum atomic E-state index is 12.2. The Balaban J connectivity index is 2.18. The Kier molecular flexibility index (Phi) is 3.62. The Morgan fingerprint density at radius 2 is 2.24 bits per heavy atom. The number of nitrogens with zero attached hydrogens (tertiary/aromatic N) is 2. The Labute approximate surface area is 102 Å². The van der Waals surface area contributed by atoms with Crippen molar-refractivity contribution in [2.75, 3.05) is 0 Å². The Morgan fingerprint density at radius 3 is 2.82 bits per heavy atom. The zero-order chi connectivity index (χ0) is 12.4. The molecule has 1 N–H and O–H groups in total. The van der Waals surface area contributed by atoms with Gasteiger partial charge < -0.3 is 5.32 Å². The van der Waals surface area contributed by atoms with Gasteiger partial charge in [0.15, 0.2) is 0 Å². The van der Waals surface area contributed by atoms with Crippen molar-refractivity contribution in [3.05, 3.63) is 27.7 Å². The summed E-state index contributed by atoms with van der Waals surface area (Å²) in [4.78, 5) is 12.2. The largest absolute Gasteiger partial charge is 0.310 e.